The minimum Gasteiger partial charge on any atom is -0.504 e. The number of hydrogen-bond donors (Lipinski definition) is 2. The average molecular weight is 905 g/mol. The predicted octanol–water partition coefficient (Wildman–Crippen LogP) is 7.46. The Morgan fingerprint density at radius 1 is 0.985 bits per heavy atom. The number of hydrogen-bond acceptors (Lipinski definition) is 16. The van der Waals surface area contributed by atoms with Crippen molar-refractivity contribution in [3.05, 3.63) is 93.0 Å². The number of phenolic OH excluding ortho intramolecular Hbond substituents is 1. The highest BCUT2D eigenvalue weighted by Gasteiger charge is 2.62. The van der Waals surface area contributed by atoms with Crippen LogP contribution in [-0.2, 0) is 32.6 Å². The summed E-state index contributed by atoms with van der Waals surface area (Å²) in [5.41, 5.74) is 4.02. The monoisotopic (exact) mass is 904 g/mol. The van der Waals surface area contributed by atoms with Gasteiger partial charge in [-0.1, -0.05) is 24.3 Å². The third kappa shape index (κ3) is 6.72. The number of piperazine rings is 1. The van der Waals surface area contributed by atoms with Crippen molar-refractivity contribution in [2.45, 2.75) is 94.1 Å². The molecule has 2 unspecified atom stereocenters. The number of likely N-dealkylation sites (N-methyl/N-ethyl adjacent to an activating group) is 1. The number of carbonyl (C=O) groups excluding carboxylic acids is 2. The Hall–Kier alpha value is -5.86. The van der Waals surface area contributed by atoms with E-state index < -0.39 is 52.7 Å². The first-order valence-electron chi connectivity index (χ1n) is 21.8. The van der Waals surface area contributed by atoms with E-state index in [0.29, 0.717) is 53.7 Å². The number of fused-ring (bicyclic) bond motifs is 9. The summed E-state index contributed by atoms with van der Waals surface area (Å²) < 4.78 is 49.0. The van der Waals surface area contributed by atoms with Crippen LogP contribution in [0.3, 0.4) is 0 Å². The largest absolute Gasteiger partial charge is 0.514 e. The molecule has 2 fully saturated rings. The number of phenols is 1. The van der Waals surface area contributed by atoms with E-state index in [-0.39, 0.29) is 42.4 Å². The number of benzene rings is 4. The molecule has 7 aliphatic heterocycles. The number of thioether (sulfide) groups is 1. The van der Waals surface area contributed by atoms with E-state index in [1.165, 1.54) is 7.11 Å². The summed E-state index contributed by atoms with van der Waals surface area (Å²) in [4.78, 5) is 32.5. The number of rotatable bonds is 5. The molecule has 16 heteroatoms. The van der Waals surface area contributed by atoms with Crippen LogP contribution < -0.4 is 33.7 Å². The molecule has 7 heterocycles. The second-order valence-electron chi connectivity index (χ2n) is 18.5. The fourth-order valence-electron chi connectivity index (χ4n) is 11.1. The Labute approximate surface area is 381 Å². The fourth-order valence-corrected chi connectivity index (χ4v) is 12.8. The fraction of sp³-hybridized carbons (Fsp3) is 0.449. The highest BCUT2D eigenvalue weighted by Crippen LogP contribution is 2.65. The minimum atomic E-state index is -1.41. The van der Waals surface area contributed by atoms with Gasteiger partial charge in [-0.15, -0.1) is 11.8 Å². The molecule has 4 aromatic rings. The van der Waals surface area contributed by atoms with Gasteiger partial charge in [0.05, 0.1) is 37.6 Å². The van der Waals surface area contributed by atoms with Crippen molar-refractivity contribution in [3.63, 3.8) is 0 Å². The van der Waals surface area contributed by atoms with Crippen LogP contribution in [-0.4, -0.2) is 97.7 Å². The molecule has 0 amide bonds. The number of methoxy groups -OCH3 is 2. The zero-order valence-electron chi connectivity index (χ0n) is 37.6. The van der Waals surface area contributed by atoms with Crippen molar-refractivity contribution < 1.29 is 52.6 Å². The van der Waals surface area contributed by atoms with Crippen molar-refractivity contribution in [2.24, 2.45) is 0 Å². The van der Waals surface area contributed by atoms with Gasteiger partial charge in [0.2, 0.25) is 6.79 Å². The maximum Gasteiger partial charge on any atom is 0.514 e. The van der Waals surface area contributed by atoms with Crippen LogP contribution >= 0.6 is 11.8 Å². The maximum atomic E-state index is 15.2. The van der Waals surface area contributed by atoms with Gasteiger partial charge in [-0.2, -0.15) is 5.26 Å². The highest BCUT2D eigenvalue weighted by atomic mass is 32.2. The molecule has 65 heavy (non-hydrogen) atoms. The number of aryl methyl sites for hydroxylation is 1. The lowest BCUT2D eigenvalue weighted by Gasteiger charge is -2.62. The lowest BCUT2D eigenvalue weighted by Crippen LogP contribution is -2.69. The van der Waals surface area contributed by atoms with Gasteiger partial charge in [0, 0.05) is 46.6 Å². The minimum absolute atomic E-state index is 0.0213. The van der Waals surface area contributed by atoms with Gasteiger partial charge in [0.1, 0.15) is 29.7 Å². The molecule has 340 valence electrons. The molecule has 2 saturated heterocycles. The molecule has 0 radical (unpaired) electrons. The molecular formula is C49H52N4O11S. The van der Waals surface area contributed by atoms with Gasteiger partial charge in [0.25, 0.3) is 0 Å². The van der Waals surface area contributed by atoms with Gasteiger partial charge in [-0.3, -0.25) is 15.1 Å². The summed E-state index contributed by atoms with van der Waals surface area (Å²) in [6.45, 7) is 9.37. The van der Waals surface area contributed by atoms with Crippen LogP contribution in [0.4, 0.5) is 4.79 Å². The number of nitrogens with zero attached hydrogens (tertiary/aromatic N) is 3. The number of carbonyl (C=O) groups is 2. The Kier molecular flexibility index (Phi) is 10.6. The van der Waals surface area contributed by atoms with E-state index in [4.69, 9.17) is 37.9 Å². The molecule has 0 aliphatic carbocycles. The first-order chi connectivity index (χ1) is 31.2. The van der Waals surface area contributed by atoms with Crippen LogP contribution in [0.25, 0.3) is 0 Å². The van der Waals surface area contributed by atoms with Crippen LogP contribution in [0, 0.1) is 25.2 Å². The molecule has 0 aromatic heterocycles. The first kappa shape index (κ1) is 43.1. The SMILES string of the molecule is COc1cc2c(cc1OC(=O)OC(C)(C)C)CCN[C@]21CS[C@@H]2c3c(Oc4ccccc4)c(C)c4c(c3C(COC1=O)N1C2[C@H]2c3c(cc(C)c(OC)c3O)C[C@@H]([C@@H]1C#N)N2C)OCO4. The first-order valence-corrected chi connectivity index (χ1v) is 22.9. The Morgan fingerprint density at radius 2 is 1.75 bits per heavy atom. The van der Waals surface area contributed by atoms with Crippen LogP contribution in [0.1, 0.15) is 82.6 Å². The van der Waals surface area contributed by atoms with Gasteiger partial charge in [0.15, 0.2) is 40.0 Å². The van der Waals surface area contributed by atoms with Crippen LogP contribution in [0.15, 0.2) is 48.5 Å². The van der Waals surface area contributed by atoms with Gasteiger partial charge in [-0.25, -0.2) is 9.59 Å². The quantitative estimate of drug-likeness (QED) is 0.149. The van der Waals surface area contributed by atoms with E-state index in [2.05, 4.69) is 27.3 Å². The number of ether oxygens (including phenoxy) is 8. The molecule has 1 spiro atoms. The highest BCUT2D eigenvalue weighted by molar-refractivity contribution is 7.99. The maximum absolute atomic E-state index is 15.2. The second kappa shape index (κ2) is 15.9. The van der Waals surface area contributed by atoms with Crippen molar-refractivity contribution in [2.75, 3.05) is 47.0 Å². The normalized spacial score (nSPS) is 26.4. The zero-order valence-corrected chi connectivity index (χ0v) is 38.4. The summed E-state index contributed by atoms with van der Waals surface area (Å²) in [7, 11) is 5.06. The molecule has 2 N–H and O–H groups in total. The van der Waals surface area contributed by atoms with E-state index >= 15 is 4.79 Å². The average Bonchev–Trinajstić information content (AvgIpc) is 3.76. The van der Waals surface area contributed by atoms with Crippen molar-refractivity contribution in [1.82, 2.24) is 15.1 Å². The lowest BCUT2D eigenvalue weighted by atomic mass is 9.71. The number of nitriles is 1. The van der Waals surface area contributed by atoms with E-state index in [1.54, 1.807) is 51.8 Å². The van der Waals surface area contributed by atoms with E-state index in [9.17, 15) is 15.2 Å². The number of esters is 1. The lowest BCUT2D eigenvalue weighted by molar-refractivity contribution is -0.157. The van der Waals surface area contributed by atoms with Crippen molar-refractivity contribution in [1.29, 1.82) is 5.26 Å². The third-order valence-electron chi connectivity index (χ3n) is 13.7. The molecule has 7 aliphatic rings. The van der Waals surface area contributed by atoms with Crippen LogP contribution in [0.2, 0.25) is 0 Å². The zero-order chi connectivity index (χ0) is 45.7. The molecule has 4 bridgehead atoms. The molecule has 11 rings (SSSR count). The van der Waals surface area contributed by atoms with Gasteiger partial charge < -0.3 is 43.0 Å². The number of nitrogens with one attached hydrogen (secondary N) is 1. The van der Waals surface area contributed by atoms with Gasteiger partial charge >= 0.3 is 12.1 Å². The Bertz CT molecular complexity index is 2670. The standard InChI is InChI=1S/C49H52N4O11S/c1-24-16-27-17-30-31(20-50)53-32-21-59-46(55)49(29-19-33(57-7)34(18-26(29)14-15-51-49)63-47(56)64-48(3,4)5)22-65-45(39(53)38(52(30)6)35(27)40(54)41(24)58-8)37-36(32)44-43(60-23-61-44)25(2)42(37)62-28-12-10-9-11-13-28/h9-13,16,18-19,30-32,38-39,45,51,54H,14-15,17,21-23H2,1-8H3/t30-,31-,32?,38+,39?,45+,49+/m0/s1. The van der Waals surface area contributed by atoms with Gasteiger partial charge in [-0.05, 0) is 101 Å². The molecule has 15 nitrogen and oxygen atoms in total. The summed E-state index contributed by atoms with van der Waals surface area (Å²) >= 11 is 1.55. The predicted molar refractivity (Wildman–Crippen MR) is 238 cm³/mol. The Balaban J connectivity index is 1.20. The Morgan fingerprint density at radius 3 is 2.48 bits per heavy atom. The summed E-state index contributed by atoms with van der Waals surface area (Å²) in [5, 5.41) is 26.7. The summed E-state index contributed by atoms with van der Waals surface area (Å²) in [6.07, 6.45) is 0.135. The summed E-state index contributed by atoms with van der Waals surface area (Å²) in [6, 6.07) is 15.2. The van der Waals surface area contributed by atoms with E-state index in [1.807, 2.05) is 51.2 Å². The van der Waals surface area contributed by atoms with E-state index in [0.717, 1.165) is 38.9 Å². The molecular weight excluding hydrogens is 853 g/mol. The van der Waals surface area contributed by atoms with Crippen LogP contribution in [0.5, 0.6) is 46.0 Å². The molecule has 0 saturated carbocycles. The second-order valence-corrected chi connectivity index (χ2v) is 19.6. The topological polar surface area (TPSA) is 171 Å². The molecule has 4 aromatic carbocycles. The molecule has 7 atom stereocenters. The summed E-state index contributed by atoms with van der Waals surface area (Å²) in [5.74, 6) is 2.78. The van der Waals surface area contributed by atoms with Crippen molar-refractivity contribution in [3.8, 4) is 52.1 Å². The smallest absolute Gasteiger partial charge is 0.504 e. The number of para-hydroxylation sites is 1. The third-order valence-corrected chi connectivity index (χ3v) is 15.2. The number of aromatic hydroxyl groups is 1. The van der Waals surface area contributed by atoms with Crippen molar-refractivity contribution >= 4 is 23.9 Å².